The first-order valence-electron chi connectivity index (χ1n) is 10.1. The van der Waals surface area contributed by atoms with E-state index in [2.05, 4.69) is 20.5 Å². The first-order chi connectivity index (χ1) is 14.2. The smallest absolute Gasteiger partial charge is 0.229 e. The second-order valence-corrected chi connectivity index (χ2v) is 7.72. The number of aromatic nitrogens is 2. The van der Waals surface area contributed by atoms with E-state index in [1.54, 1.807) is 6.26 Å². The van der Waals surface area contributed by atoms with Gasteiger partial charge in [-0.15, -0.1) is 0 Å². The summed E-state index contributed by atoms with van der Waals surface area (Å²) in [6.07, 6.45) is 5.02. The molecule has 2 aliphatic rings. The lowest BCUT2D eigenvalue weighted by molar-refractivity contribution is -0.116. The van der Waals surface area contributed by atoms with Crippen molar-refractivity contribution in [2.24, 2.45) is 11.7 Å². The van der Waals surface area contributed by atoms with Crippen LogP contribution in [0.2, 0.25) is 0 Å². The maximum Gasteiger partial charge on any atom is 0.229 e. The summed E-state index contributed by atoms with van der Waals surface area (Å²) in [5.41, 5.74) is 10.2. The van der Waals surface area contributed by atoms with Crippen LogP contribution >= 0.6 is 0 Å². The number of nitrogens with one attached hydrogen (secondary N) is 2. The lowest BCUT2D eigenvalue weighted by atomic mass is 9.97. The fraction of sp³-hybridized carbons (Fsp3) is 0.381. The highest BCUT2D eigenvalue weighted by Gasteiger charge is 2.23. The molecule has 1 aromatic carbocycles. The van der Waals surface area contributed by atoms with Gasteiger partial charge in [-0.3, -0.25) is 4.79 Å². The van der Waals surface area contributed by atoms with Gasteiger partial charge in [-0.2, -0.15) is 4.98 Å². The molecule has 29 heavy (non-hydrogen) atoms. The van der Waals surface area contributed by atoms with E-state index in [1.807, 2.05) is 24.3 Å². The molecule has 0 unspecified atom stereocenters. The Bertz CT molecular complexity index is 1050. The first-order valence-corrected chi connectivity index (χ1v) is 10.1. The van der Waals surface area contributed by atoms with Crippen LogP contribution in [0.5, 0.6) is 0 Å². The summed E-state index contributed by atoms with van der Waals surface area (Å²) in [6, 6.07) is 7.76. The summed E-state index contributed by atoms with van der Waals surface area (Å²) in [5, 5.41) is 6.23. The number of fused-ring (bicyclic) bond motifs is 2. The normalized spacial score (nSPS) is 17.3. The van der Waals surface area contributed by atoms with E-state index < -0.39 is 0 Å². The summed E-state index contributed by atoms with van der Waals surface area (Å²) in [7, 11) is 0. The van der Waals surface area contributed by atoms with Gasteiger partial charge in [0.1, 0.15) is 5.52 Å². The number of piperidine rings is 1. The number of aryl methyl sites for hydroxylation is 1. The van der Waals surface area contributed by atoms with Gasteiger partial charge in [0.05, 0.1) is 6.26 Å². The van der Waals surface area contributed by atoms with Crippen LogP contribution in [0.3, 0.4) is 0 Å². The SMILES string of the molecule is NCC1CCN(c2nc(Nc3ccc4c(c3)CCC(=O)N4)nc3ccoc23)CC1. The third kappa shape index (κ3) is 3.51. The molecule has 0 radical (unpaired) electrons. The van der Waals surface area contributed by atoms with Crippen molar-refractivity contribution in [3.05, 3.63) is 36.1 Å². The third-order valence-electron chi connectivity index (χ3n) is 5.79. The Balaban J connectivity index is 1.43. The van der Waals surface area contributed by atoms with E-state index in [0.717, 1.165) is 72.8 Å². The van der Waals surface area contributed by atoms with E-state index in [9.17, 15) is 4.79 Å². The minimum atomic E-state index is 0.0648. The van der Waals surface area contributed by atoms with Gasteiger partial charge in [-0.05, 0) is 55.5 Å². The molecule has 4 N–H and O–H groups in total. The van der Waals surface area contributed by atoms with Gasteiger partial charge < -0.3 is 25.7 Å². The Kier molecular flexibility index (Phi) is 4.55. The zero-order valence-electron chi connectivity index (χ0n) is 16.1. The van der Waals surface area contributed by atoms with E-state index in [4.69, 9.17) is 15.1 Å². The molecule has 8 nitrogen and oxygen atoms in total. The van der Waals surface area contributed by atoms with Gasteiger partial charge in [0, 0.05) is 37.0 Å². The van der Waals surface area contributed by atoms with Crippen LogP contribution in [0, 0.1) is 5.92 Å². The number of furan rings is 1. The van der Waals surface area contributed by atoms with Crippen molar-refractivity contribution in [3.63, 3.8) is 0 Å². The zero-order chi connectivity index (χ0) is 19.8. The molecule has 1 saturated heterocycles. The van der Waals surface area contributed by atoms with Crippen LogP contribution in [0.1, 0.15) is 24.8 Å². The number of nitrogens with zero attached hydrogens (tertiary/aromatic N) is 3. The molecule has 5 rings (SSSR count). The average molecular weight is 392 g/mol. The van der Waals surface area contributed by atoms with Crippen molar-refractivity contribution in [1.29, 1.82) is 0 Å². The number of carbonyl (C=O) groups is 1. The standard InChI is InChI=1S/C21H24N6O2/c22-12-13-5-8-27(9-6-13)20-19-17(7-10-29-19)25-21(26-20)23-15-2-3-16-14(11-15)1-4-18(28)24-16/h2-3,7,10-11,13H,1,4-6,8-9,12,22H2,(H,24,28)(H,23,25,26). The number of amides is 1. The number of hydrogen-bond acceptors (Lipinski definition) is 7. The monoisotopic (exact) mass is 392 g/mol. The van der Waals surface area contributed by atoms with Gasteiger partial charge in [-0.1, -0.05) is 0 Å². The predicted octanol–water partition coefficient (Wildman–Crippen LogP) is 3.03. The zero-order valence-corrected chi connectivity index (χ0v) is 16.1. The second-order valence-electron chi connectivity index (χ2n) is 7.72. The van der Waals surface area contributed by atoms with Gasteiger partial charge >= 0.3 is 0 Å². The summed E-state index contributed by atoms with van der Waals surface area (Å²) in [6.45, 7) is 2.55. The lowest BCUT2D eigenvalue weighted by Crippen LogP contribution is -2.36. The van der Waals surface area contributed by atoms with Crippen molar-refractivity contribution in [2.45, 2.75) is 25.7 Å². The molecule has 0 aliphatic carbocycles. The van der Waals surface area contributed by atoms with Crippen LogP contribution in [0.15, 0.2) is 34.9 Å². The molecule has 1 amide bonds. The molecular formula is C21H24N6O2. The Morgan fingerprint density at radius 2 is 2.07 bits per heavy atom. The van der Waals surface area contributed by atoms with Crippen molar-refractivity contribution in [2.75, 3.05) is 35.2 Å². The van der Waals surface area contributed by atoms with E-state index >= 15 is 0 Å². The fourth-order valence-corrected chi connectivity index (χ4v) is 4.09. The molecule has 2 aliphatic heterocycles. The molecule has 0 bridgehead atoms. The van der Waals surface area contributed by atoms with E-state index in [-0.39, 0.29) is 5.91 Å². The summed E-state index contributed by atoms with van der Waals surface area (Å²) in [5.74, 6) is 2.00. The van der Waals surface area contributed by atoms with Gasteiger partial charge in [0.2, 0.25) is 11.9 Å². The minimum Gasteiger partial charge on any atom is -0.459 e. The summed E-state index contributed by atoms with van der Waals surface area (Å²) >= 11 is 0. The number of anilines is 4. The summed E-state index contributed by atoms with van der Waals surface area (Å²) in [4.78, 5) is 23.2. The minimum absolute atomic E-state index is 0.0648. The molecule has 8 heteroatoms. The molecule has 2 aromatic heterocycles. The Labute approximate surface area is 168 Å². The highest BCUT2D eigenvalue weighted by molar-refractivity contribution is 5.94. The molecule has 1 fully saturated rings. The molecule has 150 valence electrons. The summed E-state index contributed by atoms with van der Waals surface area (Å²) < 4.78 is 5.69. The van der Waals surface area contributed by atoms with Crippen LogP contribution in [0.4, 0.5) is 23.1 Å². The number of carbonyl (C=O) groups excluding carboxylic acids is 1. The van der Waals surface area contributed by atoms with Crippen LogP contribution in [0.25, 0.3) is 11.1 Å². The van der Waals surface area contributed by atoms with Gasteiger partial charge in [0.25, 0.3) is 0 Å². The largest absolute Gasteiger partial charge is 0.459 e. The highest BCUT2D eigenvalue weighted by atomic mass is 16.3. The topological polar surface area (TPSA) is 109 Å². The number of nitrogens with two attached hydrogens (primary N) is 1. The molecule has 0 spiro atoms. The fourth-order valence-electron chi connectivity index (χ4n) is 4.09. The Morgan fingerprint density at radius 1 is 1.21 bits per heavy atom. The van der Waals surface area contributed by atoms with Crippen molar-refractivity contribution >= 4 is 40.1 Å². The quantitative estimate of drug-likeness (QED) is 0.626. The maximum atomic E-state index is 11.6. The number of hydrogen-bond donors (Lipinski definition) is 3. The van der Waals surface area contributed by atoms with Gasteiger partial charge in [-0.25, -0.2) is 4.98 Å². The number of benzene rings is 1. The Morgan fingerprint density at radius 3 is 2.90 bits per heavy atom. The lowest BCUT2D eigenvalue weighted by Gasteiger charge is -2.32. The highest BCUT2D eigenvalue weighted by Crippen LogP contribution is 2.31. The van der Waals surface area contributed by atoms with Crippen molar-refractivity contribution < 1.29 is 9.21 Å². The molecular weight excluding hydrogens is 368 g/mol. The van der Waals surface area contributed by atoms with Crippen molar-refractivity contribution in [1.82, 2.24) is 9.97 Å². The predicted molar refractivity (Wildman–Crippen MR) is 112 cm³/mol. The molecule has 0 atom stereocenters. The van der Waals surface area contributed by atoms with Gasteiger partial charge in [0.15, 0.2) is 11.4 Å². The van der Waals surface area contributed by atoms with Crippen LogP contribution in [-0.2, 0) is 11.2 Å². The first kappa shape index (κ1) is 17.9. The molecule has 0 saturated carbocycles. The maximum absolute atomic E-state index is 11.6. The molecule has 4 heterocycles. The van der Waals surface area contributed by atoms with Crippen LogP contribution < -0.4 is 21.3 Å². The van der Waals surface area contributed by atoms with E-state index in [1.165, 1.54) is 0 Å². The van der Waals surface area contributed by atoms with E-state index in [0.29, 0.717) is 18.3 Å². The molecule has 3 aromatic rings. The van der Waals surface area contributed by atoms with Crippen LogP contribution in [-0.4, -0.2) is 35.5 Å². The Hall–Kier alpha value is -3.13. The third-order valence-corrected chi connectivity index (χ3v) is 5.79. The number of rotatable bonds is 4. The van der Waals surface area contributed by atoms with Crippen molar-refractivity contribution in [3.8, 4) is 0 Å². The second kappa shape index (κ2) is 7.36. The average Bonchev–Trinajstić information content (AvgIpc) is 3.22.